The number of nitrogens with zero attached hydrogens (tertiary/aromatic N) is 2. The summed E-state index contributed by atoms with van der Waals surface area (Å²) in [6.45, 7) is 10.4. The molecule has 0 saturated heterocycles. The Morgan fingerprint density at radius 3 is 2.50 bits per heavy atom. The molecule has 3 N–H and O–H groups in total. The van der Waals surface area contributed by atoms with E-state index in [9.17, 15) is 4.79 Å². The van der Waals surface area contributed by atoms with Gasteiger partial charge in [0.25, 0.3) is 0 Å². The van der Waals surface area contributed by atoms with E-state index in [2.05, 4.69) is 46.7 Å². The molecule has 0 fully saturated rings. The Balaban J connectivity index is 1.86. The van der Waals surface area contributed by atoms with Crippen LogP contribution in [0.15, 0.2) is 29.3 Å². The zero-order chi connectivity index (χ0) is 20.4. The molecular weight excluding hydrogens is 370 g/mol. The van der Waals surface area contributed by atoms with E-state index < -0.39 is 0 Å². The molecule has 0 radical (unpaired) electrons. The van der Waals surface area contributed by atoms with Crippen LogP contribution in [0, 0.1) is 13.8 Å². The van der Waals surface area contributed by atoms with Crippen molar-refractivity contribution in [3.05, 3.63) is 45.4 Å². The highest BCUT2D eigenvalue weighted by Crippen LogP contribution is 2.16. The molecule has 2 rings (SSSR count). The summed E-state index contributed by atoms with van der Waals surface area (Å²) >= 11 is 1.76. The molecule has 28 heavy (non-hydrogen) atoms. The summed E-state index contributed by atoms with van der Waals surface area (Å²) < 4.78 is 0. The van der Waals surface area contributed by atoms with Crippen molar-refractivity contribution in [2.24, 2.45) is 4.99 Å². The SMILES string of the molecule is CCCC(=O)Nc1ccc(CN=C(NCC)NCCc2nc(C)c(C)s2)cc1. The van der Waals surface area contributed by atoms with Crippen LogP contribution in [0.25, 0.3) is 0 Å². The van der Waals surface area contributed by atoms with Gasteiger partial charge in [0.15, 0.2) is 5.96 Å². The number of guanidine groups is 1. The van der Waals surface area contributed by atoms with Gasteiger partial charge < -0.3 is 16.0 Å². The predicted octanol–water partition coefficient (Wildman–Crippen LogP) is 3.80. The second-order valence-corrected chi connectivity index (χ2v) is 7.90. The zero-order valence-corrected chi connectivity index (χ0v) is 18.1. The van der Waals surface area contributed by atoms with Crippen molar-refractivity contribution >= 4 is 28.9 Å². The Kier molecular flexibility index (Phi) is 8.94. The van der Waals surface area contributed by atoms with Crippen LogP contribution in [0.2, 0.25) is 0 Å². The maximum absolute atomic E-state index is 11.7. The van der Waals surface area contributed by atoms with E-state index >= 15 is 0 Å². The van der Waals surface area contributed by atoms with Crippen LogP contribution >= 0.6 is 11.3 Å². The number of benzene rings is 1. The molecule has 1 heterocycles. The molecule has 0 unspecified atom stereocenters. The van der Waals surface area contributed by atoms with E-state index in [1.165, 1.54) is 4.88 Å². The van der Waals surface area contributed by atoms with Crippen molar-refractivity contribution in [2.45, 2.75) is 53.5 Å². The van der Waals surface area contributed by atoms with Gasteiger partial charge in [-0.1, -0.05) is 19.1 Å². The molecule has 0 aliphatic heterocycles. The smallest absolute Gasteiger partial charge is 0.224 e. The van der Waals surface area contributed by atoms with Crippen molar-refractivity contribution in [1.29, 1.82) is 0 Å². The molecule has 1 aromatic carbocycles. The van der Waals surface area contributed by atoms with Gasteiger partial charge in [-0.3, -0.25) is 4.79 Å². The molecule has 1 amide bonds. The lowest BCUT2D eigenvalue weighted by molar-refractivity contribution is -0.116. The summed E-state index contributed by atoms with van der Waals surface area (Å²) in [5.41, 5.74) is 3.04. The van der Waals surface area contributed by atoms with Crippen molar-refractivity contribution < 1.29 is 4.79 Å². The first kappa shape index (κ1) is 21.9. The largest absolute Gasteiger partial charge is 0.357 e. The average Bonchev–Trinajstić information content (AvgIpc) is 2.98. The number of carbonyl (C=O) groups excluding carboxylic acids is 1. The minimum absolute atomic E-state index is 0.0533. The van der Waals surface area contributed by atoms with Crippen LogP contribution in [0.3, 0.4) is 0 Å². The van der Waals surface area contributed by atoms with E-state index in [4.69, 9.17) is 0 Å². The van der Waals surface area contributed by atoms with Crippen LogP contribution in [0.5, 0.6) is 0 Å². The number of rotatable bonds is 9. The summed E-state index contributed by atoms with van der Waals surface area (Å²) in [6, 6.07) is 7.84. The first-order valence-corrected chi connectivity index (χ1v) is 10.7. The van der Waals surface area contributed by atoms with Gasteiger partial charge in [-0.05, 0) is 44.9 Å². The number of anilines is 1. The number of aryl methyl sites for hydroxylation is 2. The number of carbonyl (C=O) groups is 1. The third-order valence-electron chi connectivity index (χ3n) is 4.18. The minimum atomic E-state index is 0.0533. The number of aromatic nitrogens is 1. The number of aliphatic imine (C=N–C) groups is 1. The summed E-state index contributed by atoms with van der Waals surface area (Å²) in [5, 5.41) is 10.7. The van der Waals surface area contributed by atoms with Crippen LogP contribution in [0.4, 0.5) is 5.69 Å². The lowest BCUT2D eigenvalue weighted by Gasteiger charge is -2.11. The van der Waals surface area contributed by atoms with Crippen molar-refractivity contribution in [3.8, 4) is 0 Å². The Labute approximate surface area is 171 Å². The number of amides is 1. The number of thiazole rings is 1. The van der Waals surface area contributed by atoms with Crippen LogP contribution in [0.1, 0.15) is 47.8 Å². The fourth-order valence-corrected chi connectivity index (χ4v) is 3.52. The van der Waals surface area contributed by atoms with Crippen LogP contribution in [-0.2, 0) is 17.8 Å². The molecule has 2 aromatic rings. The number of hydrogen-bond acceptors (Lipinski definition) is 4. The van der Waals surface area contributed by atoms with Crippen molar-refractivity contribution in [1.82, 2.24) is 15.6 Å². The highest BCUT2D eigenvalue weighted by atomic mass is 32.1. The molecule has 0 atom stereocenters. The first-order chi connectivity index (χ1) is 13.5. The molecule has 0 bridgehead atoms. The van der Waals surface area contributed by atoms with Crippen molar-refractivity contribution in [3.63, 3.8) is 0 Å². The topological polar surface area (TPSA) is 78.4 Å². The fourth-order valence-electron chi connectivity index (χ4n) is 2.59. The van der Waals surface area contributed by atoms with E-state index in [0.717, 1.165) is 53.8 Å². The molecule has 6 nitrogen and oxygen atoms in total. The van der Waals surface area contributed by atoms with E-state index in [1.807, 2.05) is 31.2 Å². The summed E-state index contributed by atoms with van der Waals surface area (Å²) in [4.78, 5) is 22.2. The van der Waals surface area contributed by atoms with Gasteiger partial charge in [-0.2, -0.15) is 0 Å². The standard InChI is InChI=1S/C21H31N5OS/c1-5-7-19(27)26-18-10-8-17(9-11-18)14-24-21(22-6-2)23-13-12-20-25-15(3)16(4)28-20/h8-11H,5-7,12-14H2,1-4H3,(H,26,27)(H2,22,23,24). The normalized spacial score (nSPS) is 11.4. The number of hydrogen-bond donors (Lipinski definition) is 3. The lowest BCUT2D eigenvalue weighted by Crippen LogP contribution is -2.38. The molecule has 0 aliphatic carbocycles. The Bertz CT molecular complexity index is 763. The highest BCUT2D eigenvalue weighted by Gasteiger charge is 2.05. The summed E-state index contributed by atoms with van der Waals surface area (Å²) in [6.07, 6.45) is 2.28. The van der Waals surface area contributed by atoms with Gasteiger partial charge in [-0.15, -0.1) is 11.3 Å². The second-order valence-electron chi connectivity index (χ2n) is 6.62. The monoisotopic (exact) mass is 401 g/mol. The van der Waals surface area contributed by atoms with E-state index in [1.54, 1.807) is 11.3 Å². The van der Waals surface area contributed by atoms with E-state index in [0.29, 0.717) is 13.0 Å². The Hall–Kier alpha value is -2.41. The molecule has 7 heteroatoms. The molecule has 0 saturated carbocycles. The van der Waals surface area contributed by atoms with Gasteiger partial charge in [0.1, 0.15) is 0 Å². The molecular formula is C21H31N5OS. The lowest BCUT2D eigenvalue weighted by atomic mass is 10.2. The zero-order valence-electron chi connectivity index (χ0n) is 17.3. The molecule has 0 spiro atoms. The van der Waals surface area contributed by atoms with Gasteiger partial charge >= 0.3 is 0 Å². The molecule has 1 aromatic heterocycles. The Morgan fingerprint density at radius 2 is 1.89 bits per heavy atom. The van der Waals surface area contributed by atoms with Crippen molar-refractivity contribution in [2.75, 3.05) is 18.4 Å². The van der Waals surface area contributed by atoms with E-state index in [-0.39, 0.29) is 5.91 Å². The Morgan fingerprint density at radius 1 is 1.14 bits per heavy atom. The minimum Gasteiger partial charge on any atom is -0.357 e. The quantitative estimate of drug-likeness (QED) is 0.441. The number of nitrogens with one attached hydrogen (secondary N) is 3. The van der Waals surface area contributed by atoms with Gasteiger partial charge in [-0.25, -0.2) is 9.98 Å². The third kappa shape index (κ3) is 7.31. The maximum atomic E-state index is 11.7. The fraction of sp³-hybridized carbons (Fsp3) is 0.476. The highest BCUT2D eigenvalue weighted by molar-refractivity contribution is 7.11. The first-order valence-electron chi connectivity index (χ1n) is 9.85. The predicted molar refractivity (Wildman–Crippen MR) is 118 cm³/mol. The molecule has 152 valence electrons. The van der Waals surface area contributed by atoms with Gasteiger partial charge in [0.05, 0.1) is 17.2 Å². The average molecular weight is 402 g/mol. The summed E-state index contributed by atoms with van der Waals surface area (Å²) in [5.74, 6) is 0.852. The van der Waals surface area contributed by atoms with Gasteiger partial charge in [0.2, 0.25) is 5.91 Å². The molecule has 0 aliphatic rings. The second kappa shape index (κ2) is 11.4. The van der Waals surface area contributed by atoms with Gasteiger partial charge in [0, 0.05) is 36.5 Å². The maximum Gasteiger partial charge on any atom is 0.224 e. The van der Waals surface area contributed by atoms with Crippen LogP contribution < -0.4 is 16.0 Å². The summed E-state index contributed by atoms with van der Waals surface area (Å²) in [7, 11) is 0. The third-order valence-corrected chi connectivity index (χ3v) is 5.32. The van der Waals surface area contributed by atoms with Crippen LogP contribution in [-0.4, -0.2) is 29.9 Å².